The summed E-state index contributed by atoms with van der Waals surface area (Å²) >= 11 is 0. The molecule has 0 radical (unpaired) electrons. The summed E-state index contributed by atoms with van der Waals surface area (Å²) in [5.74, 6) is 0.350. The SMILES string of the molecule is Cl.Oc1ccc(CN2C[C@@H]3C[C@H]2CN3)cc1. The maximum absolute atomic E-state index is 9.20. The first-order valence-corrected chi connectivity index (χ1v) is 5.56. The molecule has 1 aromatic carbocycles. The normalized spacial score (nSPS) is 28.0. The summed E-state index contributed by atoms with van der Waals surface area (Å²) in [6, 6.07) is 8.99. The summed E-state index contributed by atoms with van der Waals surface area (Å²) in [4.78, 5) is 2.54. The van der Waals surface area contributed by atoms with E-state index in [4.69, 9.17) is 0 Å². The van der Waals surface area contributed by atoms with Crippen molar-refractivity contribution in [2.75, 3.05) is 13.1 Å². The number of phenols is 1. The van der Waals surface area contributed by atoms with Crippen LogP contribution < -0.4 is 5.32 Å². The Bertz CT molecular complexity index is 355. The molecule has 16 heavy (non-hydrogen) atoms. The van der Waals surface area contributed by atoms with Gasteiger partial charge in [0.1, 0.15) is 5.75 Å². The second kappa shape index (κ2) is 4.62. The Morgan fingerprint density at radius 2 is 2.06 bits per heavy atom. The molecule has 0 spiro atoms. The second-order valence-corrected chi connectivity index (χ2v) is 4.59. The molecule has 1 aromatic rings. The Morgan fingerprint density at radius 1 is 1.31 bits per heavy atom. The first-order chi connectivity index (χ1) is 7.31. The van der Waals surface area contributed by atoms with Crippen LogP contribution in [0.2, 0.25) is 0 Å². The largest absolute Gasteiger partial charge is 0.508 e. The number of benzene rings is 1. The van der Waals surface area contributed by atoms with Gasteiger partial charge in [-0.3, -0.25) is 4.90 Å². The average molecular weight is 241 g/mol. The third-order valence-corrected chi connectivity index (χ3v) is 3.49. The zero-order valence-electron chi connectivity index (χ0n) is 9.10. The number of nitrogens with zero attached hydrogens (tertiary/aromatic N) is 1. The van der Waals surface area contributed by atoms with Gasteiger partial charge in [0.2, 0.25) is 0 Å². The average Bonchev–Trinajstić information content (AvgIpc) is 2.83. The van der Waals surface area contributed by atoms with Crippen molar-refractivity contribution in [1.82, 2.24) is 10.2 Å². The summed E-state index contributed by atoms with van der Waals surface area (Å²) in [5, 5.41) is 12.7. The van der Waals surface area contributed by atoms with Crippen molar-refractivity contribution in [1.29, 1.82) is 0 Å². The fraction of sp³-hybridized carbons (Fsp3) is 0.500. The van der Waals surface area contributed by atoms with Gasteiger partial charge in [-0.25, -0.2) is 0 Å². The van der Waals surface area contributed by atoms with Crippen molar-refractivity contribution in [3.8, 4) is 5.75 Å². The number of phenolic OH excluding ortho intramolecular Hbond substituents is 1. The van der Waals surface area contributed by atoms with Gasteiger partial charge >= 0.3 is 0 Å². The highest BCUT2D eigenvalue weighted by Crippen LogP contribution is 2.25. The molecule has 2 saturated heterocycles. The van der Waals surface area contributed by atoms with Crippen molar-refractivity contribution in [2.45, 2.75) is 25.0 Å². The van der Waals surface area contributed by atoms with Crippen molar-refractivity contribution in [3.05, 3.63) is 29.8 Å². The lowest BCUT2D eigenvalue weighted by atomic mass is 10.2. The molecule has 3 rings (SSSR count). The van der Waals surface area contributed by atoms with Gasteiger partial charge in [-0.05, 0) is 24.1 Å². The van der Waals surface area contributed by atoms with Gasteiger partial charge in [0.25, 0.3) is 0 Å². The van der Waals surface area contributed by atoms with Crippen molar-refractivity contribution < 1.29 is 5.11 Å². The number of rotatable bonds is 2. The topological polar surface area (TPSA) is 35.5 Å². The number of fused-ring (bicyclic) bond motifs is 2. The highest BCUT2D eigenvalue weighted by Gasteiger charge is 2.36. The molecule has 0 unspecified atom stereocenters. The summed E-state index contributed by atoms with van der Waals surface area (Å²) < 4.78 is 0. The summed E-state index contributed by atoms with van der Waals surface area (Å²) in [5.41, 5.74) is 1.29. The van der Waals surface area contributed by atoms with Crippen LogP contribution in [0.4, 0.5) is 0 Å². The minimum atomic E-state index is 0. The molecule has 3 nitrogen and oxygen atoms in total. The fourth-order valence-corrected chi connectivity index (χ4v) is 2.68. The van der Waals surface area contributed by atoms with Gasteiger partial charge in [-0.1, -0.05) is 12.1 Å². The highest BCUT2D eigenvalue weighted by atomic mass is 35.5. The lowest BCUT2D eigenvalue weighted by Crippen LogP contribution is -2.42. The molecule has 2 fully saturated rings. The monoisotopic (exact) mass is 240 g/mol. The smallest absolute Gasteiger partial charge is 0.115 e. The molecule has 4 heteroatoms. The maximum Gasteiger partial charge on any atom is 0.115 e. The Labute approximate surface area is 102 Å². The van der Waals surface area contributed by atoms with Gasteiger partial charge < -0.3 is 10.4 Å². The third kappa shape index (κ3) is 2.17. The minimum absolute atomic E-state index is 0. The number of nitrogens with one attached hydrogen (secondary N) is 1. The molecule has 0 amide bonds. The van der Waals surface area contributed by atoms with Crippen LogP contribution in [0.25, 0.3) is 0 Å². The van der Waals surface area contributed by atoms with Crippen molar-refractivity contribution >= 4 is 12.4 Å². The number of halogens is 1. The number of hydrogen-bond acceptors (Lipinski definition) is 3. The van der Waals surface area contributed by atoms with Gasteiger partial charge in [0, 0.05) is 31.7 Å². The first-order valence-electron chi connectivity index (χ1n) is 5.56. The molecule has 2 heterocycles. The molecule has 88 valence electrons. The van der Waals surface area contributed by atoms with E-state index in [1.54, 1.807) is 12.1 Å². The molecule has 2 aliphatic rings. The lowest BCUT2D eigenvalue weighted by molar-refractivity contribution is 0.218. The van der Waals surface area contributed by atoms with Crippen LogP contribution in [0.15, 0.2) is 24.3 Å². The van der Waals surface area contributed by atoms with Crippen LogP contribution in [0.1, 0.15) is 12.0 Å². The van der Waals surface area contributed by atoms with E-state index in [1.807, 2.05) is 12.1 Å². The van der Waals surface area contributed by atoms with E-state index in [0.29, 0.717) is 11.8 Å². The summed E-state index contributed by atoms with van der Waals surface area (Å²) in [6.45, 7) is 3.33. The Morgan fingerprint density at radius 3 is 2.62 bits per heavy atom. The zero-order chi connectivity index (χ0) is 10.3. The molecule has 2 atom stereocenters. The van der Waals surface area contributed by atoms with Gasteiger partial charge in [0.15, 0.2) is 0 Å². The van der Waals surface area contributed by atoms with Crippen LogP contribution in [0, 0.1) is 0 Å². The Kier molecular flexibility index (Phi) is 3.38. The fourth-order valence-electron chi connectivity index (χ4n) is 2.68. The Balaban J connectivity index is 0.000000963. The molecule has 0 aliphatic carbocycles. The van der Waals surface area contributed by atoms with Gasteiger partial charge in [-0.15, -0.1) is 12.4 Å². The van der Waals surface area contributed by atoms with Gasteiger partial charge in [0.05, 0.1) is 0 Å². The van der Waals surface area contributed by atoms with Crippen molar-refractivity contribution in [2.24, 2.45) is 0 Å². The number of aromatic hydroxyl groups is 1. The van der Waals surface area contributed by atoms with E-state index < -0.39 is 0 Å². The quantitative estimate of drug-likeness (QED) is 0.820. The predicted molar refractivity (Wildman–Crippen MR) is 66.0 cm³/mol. The van der Waals surface area contributed by atoms with E-state index in [9.17, 15) is 5.11 Å². The molecule has 2 bridgehead atoms. The van der Waals surface area contributed by atoms with Crippen molar-refractivity contribution in [3.63, 3.8) is 0 Å². The number of hydrogen-bond donors (Lipinski definition) is 2. The maximum atomic E-state index is 9.20. The Hall–Kier alpha value is -0.770. The van der Waals surface area contributed by atoms with Crippen LogP contribution in [-0.4, -0.2) is 35.2 Å². The van der Waals surface area contributed by atoms with E-state index in [1.165, 1.54) is 18.5 Å². The number of piperazine rings is 1. The zero-order valence-corrected chi connectivity index (χ0v) is 9.91. The standard InChI is InChI=1S/C12H16N2O.ClH/c15-12-3-1-9(2-4-12)7-14-8-10-5-11(14)6-13-10;/h1-4,10-11,13,15H,5-8H2;1H/t10-,11-;/m0./s1. The van der Waals surface area contributed by atoms with E-state index in [0.717, 1.165) is 19.1 Å². The molecular formula is C12H17ClN2O. The minimum Gasteiger partial charge on any atom is -0.508 e. The highest BCUT2D eigenvalue weighted by molar-refractivity contribution is 5.85. The molecule has 0 saturated carbocycles. The summed E-state index contributed by atoms with van der Waals surface area (Å²) in [6.07, 6.45) is 1.30. The first kappa shape index (κ1) is 11.7. The van der Waals surface area contributed by atoms with E-state index >= 15 is 0 Å². The van der Waals surface area contributed by atoms with Crippen LogP contribution in [0.3, 0.4) is 0 Å². The summed E-state index contributed by atoms with van der Waals surface area (Å²) in [7, 11) is 0. The predicted octanol–water partition coefficient (Wildman–Crippen LogP) is 1.36. The third-order valence-electron chi connectivity index (χ3n) is 3.49. The van der Waals surface area contributed by atoms with Gasteiger partial charge in [-0.2, -0.15) is 0 Å². The van der Waals surface area contributed by atoms with Crippen LogP contribution in [-0.2, 0) is 6.54 Å². The number of likely N-dealkylation sites (tertiary alicyclic amines) is 1. The lowest BCUT2D eigenvalue weighted by Gasteiger charge is -2.27. The molecular weight excluding hydrogens is 224 g/mol. The molecule has 0 aromatic heterocycles. The molecule has 2 N–H and O–H groups in total. The van der Waals surface area contributed by atoms with E-state index in [2.05, 4.69) is 10.2 Å². The van der Waals surface area contributed by atoms with Crippen LogP contribution >= 0.6 is 12.4 Å². The second-order valence-electron chi connectivity index (χ2n) is 4.59. The molecule has 2 aliphatic heterocycles. The van der Waals surface area contributed by atoms with Crippen LogP contribution in [0.5, 0.6) is 5.75 Å². The van der Waals surface area contributed by atoms with E-state index in [-0.39, 0.29) is 12.4 Å².